The Kier molecular flexibility index (Phi) is 6.47. The minimum Gasteiger partial charge on any atom is -0.508 e. The zero-order valence-corrected chi connectivity index (χ0v) is 19.4. The molecule has 34 heavy (non-hydrogen) atoms. The Bertz CT molecular complexity index is 1280. The third-order valence-electron chi connectivity index (χ3n) is 5.88. The van der Waals surface area contributed by atoms with Crippen molar-refractivity contribution in [2.75, 3.05) is 31.6 Å². The lowest BCUT2D eigenvalue weighted by atomic mass is 10.1. The fraction of sp³-hybridized carbons (Fsp3) is 0.222. The van der Waals surface area contributed by atoms with E-state index in [4.69, 9.17) is 4.74 Å². The van der Waals surface area contributed by atoms with E-state index in [2.05, 4.69) is 10.2 Å². The highest BCUT2D eigenvalue weighted by Crippen LogP contribution is 2.42. The molecule has 0 radical (unpaired) electrons. The number of ketones is 1. The monoisotopic (exact) mass is 476 g/mol. The van der Waals surface area contributed by atoms with E-state index in [1.54, 1.807) is 30.3 Å². The van der Waals surface area contributed by atoms with Gasteiger partial charge in [0, 0.05) is 41.0 Å². The highest BCUT2D eigenvalue weighted by atomic mass is 32.1. The van der Waals surface area contributed by atoms with E-state index >= 15 is 0 Å². The van der Waals surface area contributed by atoms with Gasteiger partial charge in [-0.3, -0.25) is 14.1 Å². The van der Waals surface area contributed by atoms with Gasteiger partial charge in [-0.1, -0.05) is 30.3 Å². The van der Waals surface area contributed by atoms with E-state index in [9.17, 15) is 14.3 Å². The van der Waals surface area contributed by atoms with Crippen molar-refractivity contribution in [3.8, 4) is 17.2 Å². The normalized spacial score (nSPS) is 14.1. The third kappa shape index (κ3) is 4.76. The summed E-state index contributed by atoms with van der Waals surface area (Å²) in [5.41, 5.74) is 1.58. The second-order valence-corrected chi connectivity index (χ2v) is 9.46. The molecule has 0 saturated carbocycles. The van der Waals surface area contributed by atoms with Crippen LogP contribution in [-0.2, 0) is 0 Å². The molecule has 0 bridgehead atoms. The number of anilines is 1. The molecule has 5 nitrogen and oxygen atoms in total. The number of benzene rings is 3. The molecule has 1 fully saturated rings. The van der Waals surface area contributed by atoms with Crippen LogP contribution in [0, 0.1) is 0 Å². The second kappa shape index (κ2) is 9.83. The average Bonchev–Trinajstić information content (AvgIpc) is 3.18. The van der Waals surface area contributed by atoms with Crippen LogP contribution in [0.4, 0.5) is 10.1 Å². The predicted molar refractivity (Wildman–Crippen MR) is 134 cm³/mol. The Labute approximate surface area is 201 Å². The zero-order chi connectivity index (χ0) is 23.5. The number of aromatic hydroxyl groups is 1. The molecule has 174 valence electrons. The summed E-state index contributed by atoms with van der Waals surface area (Å²) in [5.74, 6) is 1.15. The fourth-order valence-electron chi connectivity index (χ4n) is 4.13. The molecule has 5 rings (SSSR count). The van der Waals surface area contributed by atoms with Crippen molar-refractivity contribution in [2.24, 2.45) is 0 Å². The van der Waals surface area contributed by atoms with Crippen molar-refractivity contribution in [1.29, 1.82) is 0 Å². The van der Waals surface area contributed by atoms with E-state index in [0.29, 0.717) is 34.4 Å². The summed E-state index contributed by atoms with van der Waals surface area (Å²) in [6.45, 7) is 2.36. The predicted octanol–water partition coefficient (Wildman–Crippen LogP) is 6.09. The lowest BCUT2D eigenvalue weighted by Crippen LogP contribution is -2.54. The molecule has 0 aliphatic carbocycles. The molecule has 1 saturated heterocycles. The molecule has 2 heterocycles. The van der Waals surface area contributed by atoms with Crippen LogP contribution in [0.15, 0.2) is 72.8 Å². The molecule has 3 aromatic carbocycles. The first kappa shape index (κ1) is 22.4. The first-order valence-corrected chi connectivity index (χ1v) is 12.1. The quantitative estimate of drug-likeness (QED) is 0.287. The largest absolute Gasteiger partial charge is 0.508 e. The van der Waals surface area contributed by atoms with Gasteiger partial charge in [-0.25, -0.2) is 0 Å². The molecule has 0 amide bonds. The number of nitrogens with zero attached hydrogens (tertiary/aromatic N) is 1. The molecule has 0 unspecified atom stereocenters. The summed E-state index contributed by atoms with van der Waals surface area (Å²) in [6, 6.07) is 22.2. The van der Waals surface area contributed by atoms with Crippen molar-refractivity contribution in [2.45, 2.75) is 12.5 Å². The first-order valence-electron chi connectivity index (χ1n) is 11.3. The minimum absolute atomic E-state index is 0.114. The number of halogens is 1. The Balaban J connectivity index is 1.35. The maximum absolute atomic E-state index is 13.3. The van der Waals surface area contributed by atoms with Crippen LogP contribution >= 0.6 is 11.3 Å². The van der Waals surface area contributed by atoms with Gasteiger partial charge in [-0.15, -0.1) is 11.3 Å². The van der Waals surface area contributed by atoms with E-state index in [-0.39, 0.29) is 18.2 Å². The molecule has 2 N–H and O–H groups in total. The number of phenols is 1. The van der Waals surface area contributed by atoms with Crippen LogP contribution in [0.5, 0.6) is 17.2 Å². The zero-order valence-electron chi connectivity index (χ0n) is 18.5. The number of hydrogen-bond donors (Lipinski definition) is 2. The number of alkyl halides is 1. The van der Waals surface area contributed by atoms with Crippen LogP contribution < -0.4 is 10.1 Å². The Hall–Kier alpha value is -3.42. The third-order valence-corrected chi connectivity index (χ3v) is 7.01. The summed E-state index contributed by atoms with van der Waals surface area (Å²) in [6.07, 6.45) is 0.588. The van der Waals surface area contributed by atoms with Gasteiger partial charge < -0.3 is 15.2 Å². The number of carbonyl (C=O) groups is 1. The number of ether oxygens (including phenoxy) is 1. The molecule has 4 aromatic rings. The summed E-state index contributed by atoms with van der Waals surface area (Å²) in [4.78, 5) is 16.0. The Morgan fingerprint density at radius 3 is 2.59 bits per heavy atom. The van der Waals surface area contributed by atoms with Crippen LogP contribution in [0.2, 0.25) is 0 Å². The van der Waals surface area contributed by atoms with E-state index < -0.39 is 0 Å². The number of rotatable bonds is 9. The maximum atomic E-state index is 13.3. The molecule has 7 heteroatoms. The minimum atomic E-state index is -0.269. The first-order chi connectivity index (χ1) is 16.6. The van der Waals surface area contributed by atoms with Gasteiger partial charge >= 0.3 is 0 Å². The molecule has 0 atom stereocenters. The highest BCUT2D eigenvalue weighted by Gasteiger charge is 2.26. The smallest absolute Gasteiger partial charge is 0.206 e. The SMILES string of the molecule is O=C(c1ccccc1)c1sc2cc(O)ccc2c1Oc1ccc(NC2CN(CCCF)C2)cc1. The van der Waals surface area contributed by atoms with E-state index in [1.165, 1.54) is 11.3 Å². The number of hydrogen-bond acceptors (Lipinski definition) is 6. The van der Waals surface area contributed by atoms with Crippen LogP contribution in [0.3, 0.4) is 0 Å². The lowest BCUT2D eigenvalue weighted by molar-refractivity contribution is 0.104. The van der Waals surface area contributed by atoms with Crippen LogP contribution in [0.25, 0.3) is 10.1 Å². The van der Waals surface area contributed by atoms with Gasteiger partial charge in [0.15, 0.2) is 5.75 Å². The van der Waals surface area contributed by atoms with Crippen molar-refractivity contribution < 1.29 is 19.0 Å². The van der Waals surface area contributed by atoms with Crippen molar-refractivity contribution >= 4 is 32.9 Å². The molecule has 1 aliphatic rings. The summed E-state index contributed by atoms with van der Waals surface area (Å²) < 4.78 is 19.3. The van der Waals surface area contributed by atoms with Crippen molar-refractivity contribution in [3.63, 3.8) is 0 Å². The second-order valence-electron chi connectivity index (χ2n) is 8.41. The number of fused-ring (bicyclic) bond motifs is 1. The topological polar surface area (TPSA) is 61.8 Å². The summed E-state index contributed by atoms with van der Waals surface area (Å²) >= 11 is 1.31. The van der Waals surface area contributed by atoms with Gasteiger partial charge in [0.2, 0.25) is 5.78 Å². The van der Waals surface area contributed by atoms with Gasteiger partial charge in [0.1, 0.15) is 16.4 Å². The van der Waals surface area contributed by atoms with Crippen molar-refractivity contribution in [1.82, 2.24) is 4.90 Å². The van der Waals surface area contributed by atoms with E-state index in [0.717, 1.165) is 35.4 Å². The maximum Gasteiger partial charge on any atom is 0.206 e. The number of thiophene rings is 1. The number of carbonyl (C=O) groups excluding carboxylic acids is 1. The average molecular weight is 477 g/mol. The molecule has 1 aromatic heterocycles. The van der Waals surface area contributed by atoms with Crippen LogP contribution in [0.1, 0.15) is 21.7 Å². The Morgan fingerprint density at radius 2 is 1.85 bits per heavy atom. The van der Waals surface area contributed by atoms with Gasteiger partial charge in [0.05, 0.1) is 12.7 Å². The summed E-state index contributed by atoms with van der Waals surface area (Å²) in [7, 11) is 0. The van der Waals surface area contributed by atoms with Gasteiger partial charge in [-0.2, -0.15) is 0 Å². The molecular formula is C27H25FN2O3S. The van der Waals surface area contributed by atoms with Crippen LogP contribution in [-0.4, -0.2) is 48.1 Å². The molecule has 0 spiro atoms. The van der Waals surface area contributed by atoms with E-state index in [1.807, 2.05) is 42.5 Å². The van der Waals surface area contributed by atoms with Gasteiger partial charge in [0.25, 0.3) is 0 Å². The summed E-state index contributed by atoms with van der Waals surface area (Å²) in [5, 5.41) is 14.2. The Morgan fingerprint density at radius 1 is 1.09 bits per heavy atom. The number of nitrogens with one attached hydrogen (secondary N) is 1. The van der Waals surface area contributed by atoms with Gasteiger partial charge in [-0.05, 0) is 48.9 Å². The van der Waals surface area contributed by atoms with Crippen molar-refractivity contribution in [3.05, 3.63) is 83.2 Å². The highest BCUT2D eigenvalue weighted by molar-refractivity contribution is 7.21. The molecule has 1 aliphatic heterocycles. The number of phenolic OH excluding ortho intramolecular Hbond substituents is 1. The molecular weight excluding hydrogens is 451 g/mol. The lowest BCUT2D eigenvalue weighted by Gasteiger charge is -2.40. The number of likely N-dealkylation sites (tertiary alicyclic amines) is 1. The fourth-order valence-corrected chi connectivity index (χ4v) is 5.26. The standard InChI is InChI=1S/C27H25FN2O3S/c28-13-4-14-30-16-20(17-30)29-19-7-10-22(11-8-19)33-26-23-12-9-21(31)15-24(23)34-27(26)25(32)18-5-2-1-3-6-18/h1-3,5-12,15,20,29,31H,4,13-14,16-17H2.